The smallest absolute Gasteiger partial charge is 0.193 e. The maximum Gasteiger partial charge on any atom is 0.193 e. The number of nitrogens with zero attached hydrogens (tertiary/aromatic N) is 1. The molecule has 0 unspecified atom stereocenters. The summed E-state index contributed by atoms with van der Waals surface area (Å²) in [6.07, 6.45) is 1.05. The molecule has 1 fully saturated rings. The molecule has 0 aliphatic carbocycles. The van der Waals surface area contributed by atoms with Crippen molar-refractivity contribution in [1.82, 2.24) is 0 Å². The third-order valence-electron chi connectivity index (χ3n) is 3.75. The summed E-state index contributed by atoms with van der Waals surface area (Å²) in [4.78, 5) is 14.7. The van der Waals surface area contributed by atoms with E-state index < -0.39 is 0 Å². The minimum Gasteiger partial charge on any atom is -0.380 e. The van der Waals surface area contributed by atoms with Crippen LogP contribution < -0.4 is 4.90 Å². The zero-order valence-corrected chi connectivity index (χ0v) is 12.0. The van der Waals surface area contributed by atoms with Gasteiger partial charge in [-0.15, -0.1) is 0 Å². The van der Waals surface area contributed by atoms with Gasteiger partial charge in [0.05, 0.1) is 6.61 Å². The predicted molar refractivity (Wildman–Crippen MR) is 84.0 cm³/mol. The minimum atomic E-state index is 0.0707. The third kappa shape index (κ3) is 3.31. The number of carbonyl (C=O) groups is 1. The van der Waals surface area contributed by atoms with Gasteiger partial charge in [0.1, 0.15) is 0 Å². The van der Waals surface area contributed by atoms with Gasteiger partial charge in [0, 0.05) is 36.5 Å². The van der Waals surface area contributed by atoms with E-state index in [1.54, 1.807) is 0 Å². The van der Waals surface area contributed by atoms with Gasteiger partial charge < -0.3 is 9.64 Å². The fraction of sp³-hybridized carbons (Fsp3) is 0.278. The Balaban J connectivity index is 1.76. The highest BCUT2D eigenvalue weighted by Crippen LogP contribution is 2.18. The molecule has 0 atom stereocenters. The van der Waals surface area contributed by atoms with Crippen molar-refractivity contribution in [2.24, 2.45) is 0 Å². The fourth-order valence-corrected chi connectivity index (χ4v) is 2.58. The standard InChI is InChI=1S/C18H19NO2/c20-18(15-5-2-1-3-6-15)16-7-9-17(10-8-16)19-11-4-13-21-14-12-19/h1-3,5-10H,4,11-14H2. The number of carbonyl (C=O) groups excluding carboxylic acids is 1. The summed E-state index contributed by atoms with van der Waals surface area (Å²) in [6.45, 7) is 3.52. The van der Waals surface area contributed by atoms with Crippen LogP contribution in [-0.2, 0) is 4.74 Å². The van der Waals surface area contributed by atoms with E-state index in [0.29, 0.717) is 0 Å². The molecule has 0 spiro atoms. The lowest BCUT2D eigenvalue weighted by molar-refractivity contribution is 0.103. The van der Waals surface area contributed by atoms with E-state index in [4.69, 9.17) is 4.74 Å². The summed E-state index contributed by atoms with van der Waals surface area (Å²) < 4.78 is 5.47. The van der Waals surface area contributed by atoms with Gasteiger partial charge in [-0.1, -0.05) is 30.3 Å². The number of ketones is 1. The monoisotopic (exact) mass is 281 g/mol. The van der Waals surface area contributed by atoms with Crippen LogP contribution in [0.4, 0.5) is 5.69 Å². The number of hydrogen-bond acceptors (Lipinski definition) is 3. The number of anilines is 1. The molecule has 2 aromatic carbocycles. The Kier molecular flexibility index (Phi) is 4.31. The summed E-state index contributed by atoms with van der Waals surface area (Å²) in [5.41, 5.74) is 2.62. The highest BCUT2D eigenvalue weighted by Gasteiger charge is 2.12. The molecule has 1 aliphatic rings. The molecule has 3 nitrogen and oxygen atoms in total. The Morgan fingerprint density at radius 3 is 2.33 bits per heavy atom. The molecule has 1 saturated heterocycles. The van der Waals surface area contributed by atoms with Crippen molar-refractivity contribution in [2.75, 3.05) is 31.2 Å². The first-order chi connectivity index (χ1) is 10.3. The molecule has 0 bridgehead atoms. The Hall–Kier alpha value is -2.13. The normalized spacial score (nSPS) is 15.5. The molecule has 2 aromatic rings. The average Bonchev–Trinajstić information content (AvgIpc) is 2.84. The van der Waals surface area contributed by atoms with E-state index in [1.807, 2.05) is 54.6 Å². The van der Waals surface area contributed by atoms with Crippen molar-refractivity contribution >= 4 is 11.5 Å². The number of rotatable bonds is 3. The highest BCUT2D eigenvalue weighted by molar-refractivity contribution is 6.09. The van der Waals surface area contributed by atoms with Crippen LogP contribution in [0.25, 0.3) is 0 Å². The third-order valence-corrected chi connectivity index (χ3v) is 3.75. The van der Waals surface area contributed by atoms with Crippen LogP contribution in [0.2, 0.25) is 0 Å². The van der Waals surface area contributed by atoms with Gasteiger partial charge in [0.25, 0.3) is 0 Å². The van der Waals surface area contributed by atoms with Crippen LogP contribution >= 0.6 is 0 Å². The molecule has 3 heteroatoms. The van der Waals surface area contributed by atoms with Crippen molar-refractivity contribution in [3.63, 3.8) is 0 Å². The summed E-state index contributed by atoms with van der Waals surface area (Å²) >= 11 is 0. The summed E-state index contributed by atoms with van der Waals surface area (Å²) in [5.74, 6) is 0.0707. The van der Waals surface area contributed by atoms with E-state index in [2.05, 4.69) is 4.90 Å². The first kappa shape index (κ1) is 13.8. The average molecular weight is 281 g/mol. The maximum absolute atomic E-state index is 12.4. The van der Waals surface area contributed by atoms with Crippen LogP contribution in [0.15, 0.2) is 54.6 Å². The van der Waals surface area contributed by atoms with Gasteiger partial charge in [-0.05, 0) is 30.7 Å². The zero-order valence-electron chi connectivity index (χ0n) is 12.0. The van der Waals surface area contributed by atoms with Crippen molar-refractivity contribution in [1.29, 1.82) is 0 Å². The Bertz CT molecular complexity index is 584. The van der Waals surface area contributed by atoms with Crippen molar-refractivity contribution in [3.05, 3.63) is 65.7 Å². The molecule has 1 aliphatic heterocycles. The van der Waals surface area contributed by atoms with Crippen LogP contribution in [0.3, 0.4) is 0 Å². The van der Waals surface area contributed by atoms with E-state index in [-0.39, 0.29) is 5.78 Å². The Labute approximate surface area is 125 Å². The fourth-order valence-electron chi connectivity index (χ4n) is 2.58. The first-order valence-electron chi connectivity index (χ1n) is 7.37. The molecule has 0 saturated carbocycles. The largest absolute Gasteiger partial charge is 0.380 e. The van der Waals surface area contributed by atoms with Gasteiger partial charge in [-0.3, -0.25) is 4.79 Å². The molecule has 3 rings (SSSR count). The lowest BCUT2D eigenvalue weighted by Gasteiger charge is -2.22. The van der Waals surface area contributed by atoms with E-state index in [9.17, 15) is 4.79 Å². The molecule has 21 heavy (non-hydrogen) atoms. The molecule has 0 radical (unpaired) electrons. The quantitative estimate of drug-likeness (QED) is 0.809. The Morgan fingerprint density at radius 1 is 0.857 bits per heavy atom. The van der Waals surface area contributed by atoms with Crippen LogP contribution in [-0.4, -0.2) is 32.1 Å². The van der Waals surface area contributed by atoms with Crippen molar-refractivity contribution < 1.29 is 9.53 Å². The molecule has 108 valence electrons. The van der Waals surface area contributed by atoms with Crippen molar-refractivity contribution in [2.45, 2.75) is 6.42 Å². The predicted octanol–water partition coefficient (Wildman–Crippen LogP) is 3.14. The van der Waals surface area contributed by atoms with Gasteiger partial charge in [-0.25, -0.2) is 0 Å². The minimum absolute atomic E-state index is 0.0707. The zero-order chi connectivity index (χ0) is 14.5. The highest BCUT2D eigenvalue weighted by atomic mass is 16.5. The lowest BCUT2D eigenvalue weighted by Crippen LogP contribution is -2.25. The first-order valence-corrected chi connectivity index (χ1v) is 7.37. The molecule has 0 amide bonds. The second-order valence-corrected chi connectivity index (χ2v) is 5.19. The maximum atomic E-state index is 12.4. The van der Waals surface area contributed by atoms with Gasteiger partial charge in [0.2, 0.25) is 0 Å². The number of benzene rings is 2. The number of ether oxygens (including phenoxy) is 1. The lowest BCUT2D eigenvalue weighted by atomic mass is 10.0. The van der Waals surface area contributed by atoms with E-state index >= 15 is 0 Å². The van der Waals surface area contributed by atoms with E-state index in [1.165, 1.54) is 0 Å². The summed E-state index contributed by atoms with van der Waals surface area (Å²) in [6, 6.07) is 17.3. The van der Waals surface area contributed by atoms with Crippen molar-refractivity contribution in [3.8, 4) is 0 Å². The molecule has 0 N–H and O–H groups in total. The molecular formula is C18H19NO2. The topological polar surface area (TPSA) is 29.5 Å². The SMILES string of the molecule is O=C(c1ccccc1)c1ccc(N2CCCOCC2)cc1. The molecule has 0 aromatic heterocycles. The summed E-state index contributed by atoms with van der Waals surface area (Å²) in [7, 11) is 0. The van der Waals surface area contributed by atoms with Gasteiger partial charge in [0.15, 0.2) is 5.78 Å². The van der Waals surface area contributed by atoms with Gasteiger partial charge >= 0.3 is 0 Å². The van der Waals surface area contributed by atoms with E-state index in [0.717, 1.165) is 49.5 Å². The second kappa shape index (κ2) is 6.55. The van der Waals surface area contributed by atoms with Crippen LogP contribution in [0, 0.1) is 0 Å². The Morgan fingerprint density at radius 2 is 1.57 bits per heavy atom. The van der Waals surface area contributed by atoms with Crippen LogP contribution in [0.5, 0.6) is 0 Å². The van der Waals surface area contributed by atoms with Gasteiger partial charge in [-0.2, -0.15) is 0 Å². The summed E-state index contributed by atoms with van der Waals surface area (Å²) in [5, 5.41) is 0. The number of hydrogen-bond donors (Lipinski definition) is 0. The second-order valence-electron chi connectivity index (χ2n) is 5.19. The molecule has 1 heterocycles. The molecular weight excluding hydrogens is 262 g/mol. The van der Waals surface area contributed by atoms with Crippen LogP contribution in [0.1, 0.15) is 22.3 Å².